The molecule has 1 rings (SSSR count). The van der Waals surface area contributed by atoms with E-state index in [1.807, 2.05) is 13.8 Å². The van der Waals surface area contributed by atoms with Crippen molar-refractivity contribution in [3.05, 3.63) is 0 Å². The molecule has 0 aromatic rings. The molecule has 74 valence electrons. The summed E-state index contributed by atoms with van der Waals surface area (Å²) in [6, 6.07) is 0.874. The predicted octanol–water partition coefficient (Wildman–Crippen LogP) is 3.20. The van der Waals surface area contributed by atoms with Crippen LogP contribution >= 0.6 is 0 Å². The van der Waals surface area contributed by atoms with Crippen LogP contribution in [0.5, 0.6) is 0 Å². The van der Waals surface area contributed by atoms with Gasteiger partial charge in [-0.1, -0.05) is 34.1 Å². The zero-order valence-corrected chi connectivity index (χ0v) is 9.19. The van der Waals surface area contributed by atoms with Gasteiger partial charge in [-0.3, -0.25) is 0 Å². The molecule has 0 radical (unpaired) electrons. The van der Waals surface area contributed by atoms with Crippen LogP contribution in [0.1, 0.15) is 53.4 Å². The lowest BCUT2D eigenvalue weighted by Gasteiger charge is -2.26. The second-order valence-electron chi connectivity index (χ2n) is 3.76. The molecule has 0 unspecified atom stereocenters. The van der Waals surface area contributed by atoms with E-state index in [0.717, 1.165) is 12.0 Å². The Morgan fingerprint density at radius 3 is 2.17 bits per heavy atom. The lowest BCUT2D eigenvalue weighted by atomic mass is 9.93. The maximum absolute atomic E-state index is 3.55. The van der Waals surface area contributed by atoms with Gasteiger partial charge >= 0.3 is 0 Å². The lowest BCUT2D eigenvalue weighted by Crippen LogP contribution is -2.35. The third-order valence-electron chi connectivity index (χ3n) is 2.26. The molecule has 1 nitrogen and oxygen atoms in total. The molecule has 12 heavy (non-hydrogen) atoms. The highest BCUT2D eigenvalue weighted by molar-refractivity contribution is 4.75. The van der Waals surface area contributed by atoms with E-state index in [1.165, 1.54) is 32.2 Å². The van der Waals surface area contributed by atoms with Crippen molar-refractivity contribution in [3.8, 4) is 0 Å². The van der Waals surface area contributed by atoms with Gasteiger partial charge in [0.25, 0.3) is 0 Å². The molecule has 1 fully saturated rings. The van der Waals surface area contributed by atoms with Gasteiger partial charge in [0.05, 0.1) is 0 Å². The van der Waals surface area contributed by atoms with Crippen LogP contribution in [0.4, 0.5) is 0 Å². The van der Waals surface area contributed by atoms with E-state index in [9.17, 15) is 0 Å². The maximum Gasteiger partial charge on any atom is 0.00670 e. The van der Waals surface area contributed by atoms with Gasteiger partial charge in [-0.2, -0.15) is 0 Å². The number of hydrogen-bond acceptors (Lipinski definition) is 1. The molecule has 1 heteroatoms. The maximum atomic E-state index is 3.55. The highest BCUT2D eigenvalue weighted by atomic mass is 14.9. The molecule has 0 aromatic carbocycles. The fourth-order valence-corrected chi connectivity index (χ4v) is 1.19. The van der Waals surface area contributed by atoms with Crippen molar-refractivity contribution in [2.45, 2.75) is 59.4 Å². The summed E-state index contributed by atoms with van der Waals surface area (Å²) in [7, 11) is 0. The Morgan fingerprint density at radius 1 is 1.25 bits per heavy atom. The van der Waals surface area contributed by atoms with Crippen molar-refractivity contribution in [1.29, 1.82) is 0 Å². The first-order chi connectivity index (χ1) is 5.79. The van der Waals surface area contributed by atoms with Gasteiger partial charge in [0.2, 0.25) is 0 Å². The first-order valence-corrected chi connectivity index (χ1v) is 5.52. The Kier molecular flexibility index (Phi) is 7.58. The van der Waals surface area contributed by atoms with Crippen molar-refractivity contribution < 1.29 is 0 Å². The summed E-state index contributed by atoms with van der Waals surface area (Å²) in [5, 5.41) is 3.55. The monoisotopic (exact) mass is 171 g/mol. The van der Waals surface area contributed by atoms with Gasteiger partial charge < -0.3 is 5.32 Å². The van der Waals surface area contributed by atoms with Crippen molar-refractivity contribution in [1.82, 2.24) is 5.32 Å². The molecule has 0 heterocycles. The van der Waals surface area contributed by atoms with Gasteiger partial charge in [-0.25, -0.2) is 0 Å². The Balaban J connectivity index is 0.000000561. The first kappa shape index (κ1) is 12.0. The lowest BCUT2D eigenvalue weighted by molar-refractivity contribution is 0.331. The van der Waals surface area contributed by atoms with Crippen LogP contribution < -0.4 is 5.32 Å². The molecule has 0 aliphatic heterocycles. The molecule has 1 saturated carbocycles. The minimum Gasteiger partial charge on any atom is -0.314 e. The molecular weight excluding hydrogens is 146 g/mol. The van der Waals surface area contributed by atoms with Crippen LogP contribution in [0.15, 0.2) is 0 Å². The van der Waals surface area contributed by atoms with E-state index in [-0.39, 0.29) is 0 Å². The molecule has 0 saturated heterocycles. The average Bonchev–Trinajstić information content (AvgIpc) is 1.98. The van der Waals surface area contributed by atoms with E-state index >= 15 is 0 Å². The second kappa shape index (κ2) is 7.60. The van der Waals surface area contributed by atoms with Crippen molar-refractivity contribution in [2.24, 2.45) is 5.92 Å². The van der Waals surface area contributed by atoms with Crippen LogP contribution in [0.25, 0.3) is 0 Å². The molecule has 0 spiro atoms. The normalized spacial score (nSPS) is 16.8. The van der Waals surface area contributed by atoms with Crippen LogP contribution in [0, 0.1) is 5.92 Å². The molecule has 0 bridgehead atoms. The molecule has 1 N–H and O–H groups in total. The molecule has 0 aromatic heterocycles. The van der Waals surface area contributed by atoms with Crippen LogP contribution in [0.3, 0.4) is 0 Å². The summed E-state index contributed by atoms with van der Waals surface area (Å²) < 4.78 is 0. The topological polar surface area (TPSA) is 12.0 Å². The Bertz CT molecular complexity index is 85.0. The highest BCUT2D eigenvalue weighted by Crippen LogP contribution is 2.17. The number of rotatable bonds is 4. The van der Waals surface area contributed by atoms with Crippen molar-refractivity contribution in [2.75, 3.05) is 6.54 Å². The molecular formula is C11H25N. The van der Waals surface area contributed by atoms with E-state index in [4.69, 9.17) is 0 Å². The average molecular weight is 171 g/mol. The fraction of sp³-hybridized carbons (Fsp3) is 1.00. The zero-order valence-electron chi connectivity index (χ0n) is 9.19. The summed E-state index contributed by atoms with van der Waals surface area (Å²) >= 11 is 0. The van der Waals surface area contributed by atoms with Gasteiger partial charge in [-0.15, -0.1) is 0 Å². The van der Waals surface area contributed by atoms with Crippen LogP contribution in [0.2, 0.25) is 0 Å². The zero-order chi connectivity index (χ0) is 9.40. The molecule has 1 aliphatic rings. The summed E-state index contributed by atoms with van der Waals surface area (Å²) in [4.78, 5) is 0. The number of nitrogens with one attached hydrogen (secondary N) is 1. The summed E-state index contributed by atoms with van der Waals surface area (Å²) in [6.07, 6.45) is 5.60. The van der Waals surface area contributed by atoms with Crippen molar-refractivity contribution >= 4 is 0 Å². The third-order valence-corrected chi connectivity index (χ3v) is 2.26. The second-order valence-corrected chi connectivity index (χ2v) is 3.76. The van der Waals surface area contributed by atoms with E-state index in [0.29, 0.717) is 0 Å². The van der Waals surface area contributed by atoms with Crippen molar-refractivity contribution in [3.63, 3.8) is 0 Å². The smallest absolute Gasteiger partial charge is 0.00670 e. The first-order valence-electron chi connectivity index (χ1n) is 5.52. The van der Waals surface area contributed by atoms with Gasteiger partial charge in [0, 0.05) is 6.04 Å². The number of hydrogen-bond donors (Lipinski definition) is 1. The SMILES string of the molecule is CC.CC(C)CCNC1CCC1. The standard InChI is InChI=1S/C9H19N.C2H6/c1-8(2)6-7-10-9-4-3-5-9;1-2/h8-10H,3-7H2,1-2H3;1-2H3. The summed E-state index contributed by atoms with van der Waals surface area (Å²) in [5.41, 5.74) is 0. The third kappa shape index (κ3) is 5.59. The van der Waals surface area contributed by atoms with Crippen LogP contribution in [-0.4, -0.2) is 12.6 Å². The molecule has 0 amide bonds. The van der Waals surface area contributed by atoms with E-state index < -0.39 is 0 Å². The minimum absolute atomic E-state index is 0.854. The Hall–Kier alpha value is -0.0400. The van der Waals surface area contributed by atoms with Gasteiger partial charge in [-0.05, 0) is 31.7 Å². The van der Waals surface area contributed by atoms with E-state index in [2.05, 4.69) is 19.2 Å². The van der Waals surface area contributed by atoms with Gasteiger partial charge in [0.15, 0.2) is 0 Å². The Labute approximate surface area is 77.9 Å². The summed E-state index contributed by atoms with van der Waals surface area (Å²) in [6.45, 7) is 9.78. The Morgan fingerprint density at radius 2 is 1.83 bits per heavy atom. The van der Waals surface area contributed by atoms with Gasteiger partial charge in [0.1, 0.15) is 0 Å². The predicted molar refractivity (Wildman–Crippen MR) is 56.4 cm³/mol. The fourth-order valence-electron chi connectivity index (χ4n) is 1.19. The van der Waals surface area contributed by atoms with E-state index in [1.54, 1.807) is 0 Å². The minimum atomic E-state index is 0.854. The molecule has 0 atom stereocenters. The quantitative estimate of drug-likeness (QED) is 0.685. The summed E-state index contributed by atoms with van der Waals surface area (Å²) in [5.74, 6) is 0.854. The molecule has 1 aliphatic carbocycles. The highest BCUT2D eigenvalue weighted by Gasteiger charge is 2.15. The largest absolute Gasteiger partial charge is 0.314 e. The van der Waals surface area contributed by atoms with Crippen LogP contribution in [-0.2, 0) is 0 Å².